The third kappa shape index (κ3) is 4.01. The first-order valence-corrected chi connectivity index (χ1v) is 8.92. The molecular weight excluding hydrogens is 322 g/mol. The van der Waals surface area contributed by atoms with Gasteiger partial charge in [-0.3, -0.25) is 14.5 Å². The van der Waals surface area contributed by atoms with E-state index in [0.29, 0.717) is 19.6 Å². The number of aryl methyl sites for hydroxylation is 1. The molecule has 1 aromatic heterocycles. The van der Waals surface area contributed by atoms with E-state index in [1.807, 2.05) is 53.6 Å². The van der Waals surface area contributed by atoms with Gasteiger partial charge < -0.3 is 10.2 Å². The minimum absolute atomic E-state index is 0.0117. The standard InChI is InChI=1S/C18H21N3O2S/c1-14-5-2-3-6-15(14)19-17(22)13-20-8-10-21(11-9-20)18(23)16-7-4-12-24-16/h2-7,12H,8-11,13H2,1H3,(H,19,22). The van der Waals surface area contributed by atoms with Crippen LogP contribution in [-0.2, 0) is 4.79 Å². The van der Waals surface area contributed by atoms with Gasteiger partial charge in [0.1, 0.15) is 0 Å². The van der Waals surface area contributed by atoms with Crippen LogP contribution in [0.2, 0.25) is 0 Å². The molecule has 0 spiro atoms. The molecule has 0 unspecified atom stereocenters. The molecule has 1 aliphatic rings. The zero-order valence-corrected chi connectivity index (χ0v) is 14.5. The summed E-state index contributed by atoms with van der Waals surface area (Å²) in [6, 6.07) is 11.5. The van der Waals surface area contributed by atoms with Gasteiger partial charge in [-0.2, -0.15) is 0 Å². The average molecular weight is 343 g/mol. The summed E-state index contributed by atoms with van der Waals surface area (Å²) in [4.78, 5) is 29.2. The first kappa shape index (κ1) is 16.7. The smallest absolute Gasteiger partial charge is 0.264 e. The van der Waals surface area contributed by atoms with Crippen LogP contribution in [0.25, 0.3) is 0 Å². The number of piperazine rings is 1. The van der Waals surface area contributed by atoms with Crippen molar-refractivity contribution in [2.45, 2.75) is 6.92 Å². The van der Waals surface area contributed by atoms with E-state index in [4.69, 9.17) is 0 Å². The first-order valence-electron chi connectivity index (χ1n) is 8.04. The van der Waals surface area contributed by atoms with Gasteiger partial charge in [-0.1, -0.05) is 24.3 Å². The Morgan fingerprint density at radius 3 is 2.50 bits per heavy atom. The third-order valence-corrected chi connectivity index (χ3v) is 5.04. The topological polar surface area (TPSA) is 52.7 Å². The number of hydrogen-bond donors (Lipinski definition) is 1. The second-order valence-electron chi connectivity index (χ2n) is 5.91. The maximum Gasteiger partial charge on any atom is 0.264 e. The predicted molar refractivity (Wildman–Crippen MR) is 96.5 cm³/mol. The zero-order chi connectivity index (χ0) is 16.9. The minimum Gasteiger partial charge on any atom is -0.335 e. The van der Waals surface area contributed by atoms with E-state index >= 15 is 0 Å². The van der Waals surface area contributed by atoms with E-state index in [2.05, 4.69) is 10.2 Å². The minimum atomic E-state index is -0.0117. The van der Waals surface area contributed by atoms with E-state index in [1.54, 1.807) is 0 Å². The van der Waals surface area contributed by atoms with E-state index in [0.717, 1.165) is 29.2 Å². The maximum atomic E-state index is 12.3. The van der Waals surface area contributed by atoms with Crippen molar-refractivity contribution in [1.82, 2.24) is 9.80 Å². The molecule has 1 saturated heterocycles. The van der Waals surface area contributed by atoms with E-state index in [-0.39, 0.29) is 11.8 Å². The third-order valence-electron chi connectivity index (χ3n) is 4.18. The number of thiophene rings is 1. The van der Waals surface area contributed by atoms with Gasteiger partial charge >= 0.3 is 0 Å². The number of hydrogen-bond acceptors (Lipinski definition) is 4. The fourth-order valence-electron chi connectivity index (χ4n) is 2.77. The lowest BCUT2D eigenvalue weighted by atomic mass is 10.2. The summed E-state index contributed by atoms with van der Waals surface area (Å²) >= 11 is 1.47. The molecule has 1 aliphatic heterocycles. The lowest BCUT2D eigenvalue weighted by Gasteiger charge is -2.34. The maximum absolute atomic E-state index is 12.3. The highest BCUT2D eigenvalue weighted by Crippen LogP contribution is 2.15. The van der Waals surface area contributed by atoms with Crippen molar-refractivity contribution in [3.05, 3.63) is 52.2 Å². The van der Waals surface area contributed by atoms with Crippen molar-refractivity contribution in [1.29, 1.82) is 0 Å². The fraction of sp³-hybridized carbons (Fsp3) is 0.333. The second kappa shape index (κ2) is 7.59. The average Bonchev–Trinajstić information content (AvgIpc) is 3.11. The summed E-state index contributed by atoms with van der Waals surface area (Å²) in [7, 11) is 0. The molecule has 24 heavy (non-hydrogen) atoms. The highest BCUT2D eigenvalue weighted by atomic mass is 32.1. The number of nitrogens with one attached hydrogen (secondary N) is 1. The van der Waals surface area contributed by atoms with Crippen molar-refractivity contribution in [3.8, 4) is 0 Å². The lowest BCUT2D eigenvalue weighted by molar-refractivity contribution is -0.117. The number of anilines is 1. The quantitative estimate of drug-likeness (QED) is 0.928. The largest absolute Gasteiger partial charge is 0.335 e. The number of nitrogens with zero attached hydrogens (tertiary/aromatic N) is 2. The molecular formula is C18H21N3O2S. The Kier molecular flexibility index (Phi) is 5.27. The summed E-state index contributed by atoms with van der Waals surface area (Å²) in [6.45, 7) is 5.10. The van der Waals surface area contributed by atoms with E-state index in [1.165, 1.54) is 11.3 Å². The molecule has 6 heteroatoms. The zero-order valence-electron chi connectivity index (χ0n) is 13.7. The van der Waals surface area contributed by atoms with Gasteiger partial charge in [-0.05, 0) is 30.0 Å². The lowest BCUT2D eigenvalue weighted by Crippen LogP contribution is -2.50. The summed E-state index contributed by atoms with van der Waals surface area (Å²) < 4.78 is 0. The van der Waals surface area contributed by atoms with Gasteiger partial charge in [0.15, 0.2) is 0 Å². The molecule has 0 saturated carbocycles. The Bertz CT molecular complexity index is 707. The van der Waals surface area contributed by atoms with Crippen molar-refractivity contribution in [2.75, 3.05) is 38.0 Å². The van der Waals surface area contributed by atoms with Gasteiger partial charge in [-0.25, -0.2) is 0 Å². The summed E-state index contributed by atoms with van der Waals surface area (Å²) in [5, 5.41) is 4.87. The van der Waals surface area contributed by atoms with E-state index < -0.39 is 0 Å². The second-order valence-corrected chi connectivity index (χ2v) is 6.86. The predicted octanol–water partition coefficient (Wildman–Crippen LogP) is 2.45. The van der Waals surface area contributed by atoms with Crippen molar-refractivity contribution >= 4 is 28.8 Å². The molecule has 0 bridgehead atoms. The molecule has 1 fully saturated rings. The molecule has 0 radical (unpaired) electrons. The summed E-state index contributed by atoms with van der Waals surface area (Å²) in [6.07, 6.45) is 0. The van der Waals surface area contributed by atoms with Crippen LogP contribution in [0.4, 0.5) is 5.69 Å². The van der Waals surface area contributed by atoms with Gasteiger partial charge in [0.25, 0.3) is 5.91 Å². The molecule has 2 aromatic rings. The molecule has 0 aliphatic carbocycles. The van der Waals surface area contributed by atoms with Crippen LogP contribution >= 0.6 is 11.3 Å². The SMILES string of the molecule is Cc1ccccc1NC(=O)CN1CCN(C(=O)c2cccs2)CC1. The first-order chi connectivity index (χ1) is 11.6. The van der Waals surface area contributed by atoms with Crippen molar-refractivity contribution < 1.29 is 9.59 Å². The Labute approximate surface area is 145 Å². The number of carbonyl (C=O) groups is 2. The fourth-order valence-corrected chi connectivity index (χ4v) is 3.46. The van der Waals surface area contributed by atoms with Gasteiger partial charge in [-0.15, -0.1) is 11.3 Å². The van der Waals surface area contributed by atoms with Gasteiger partial charge in [0.05, 0.1) is 11.4 Å². The van der Waals surface area contributed by atoms with Crippen LogP contribution in [0.3, 0.4) is 0 Å². The molecule has 0 atom stereocenters. The molecule has 2 heterocycles. The van der Waals surface area contributed by atoms with Crippen LogP contribution in [0.15, 0.2) is 41.8 Å². The number of carbonyl (C=O) groups excluding carboxylic acids is 2. The van der Waals surface area contributed by atoms with E-state index in [9.17, 15) is 9.59 Å². The van der Waals surface area contributed by atoms with Crippen LogP contribution < -0.4 is 5.32 Å². The van der Waals surface area contributed by atoms with Crippen LogP contribution in [-0.4, -0.2) is 54.3 Å². The molecule has 1 aromatic carbocycles. The Hall–Kier alpha value is -2.18. The van der Waals surface area contributed by atoms with Crippen LogP contribution in [0, 0.1) is 6.92 Å². The molecule has 3 rings (SSSR count). The monoisotopic (exact) mass is 343 g/mol. The molecule has 1 N–H and O–H groups in total. The van der Waals surface area contributed by atoms with Crippen molar-refractivity contribution in [3.63, 3.8) is 0 Å². The highest BCUT2D eigenvalue weighted by molar-refractivity contribution is 7.12. The van der Waals surface area contributed by atoms with Gasteiger partial charge in [0, 0.05) is 31.9 Å². The van der Waals surface area contributed by atoms with Crippen molar-refractivity contribution in [2.24, 2.45) is 0 Å². The Morgan fingerprint density at radius 1 is 1.08 bits per heavy atom. The summed E-state index contributed by atoms with van der Waals surface area (Å²) in [5.74, 6) is 0.0799. The number of amides is 2. The van der Waals surface area contributed by atoms with Crippen LogP contribution in [0.5, 0.6) is 0 Å². The summed E-state index contributed by atoms with van der Waals surface area (Å²) in [5.41, 5.74) is 1.91. The Morgan fingerprint density at radius 2 is 1.83 bits per heavy atom. The van der Waals surface area contributed by atoms with Gasteiger partial charge in [0.2, 0.25) is 5.91 Å². The van der Waals surface area contributed by atoms with Crippen LogP contribution in [0.1, 0.15) is 15.2 Å². The Balaban J connectivity index is 1.48. The molecule has 2 amide bonds. The molecule has 126 valence electrons. The number of rotatable bonds is 4. The number of benzene rings is 1. The highest BCUT2D eigenvalue weighted by Gasteiger charge is 2.23. The molecule has 5 nitrogen and oxygen atoms in total. The number of para-hydroxylation sites is 1. The normalized spacial score (nSPS) is 15.3.